The normalized spacial score (nSPS) is 10.4. The maximum atomic E-state index is 7.42. The number of hydrogen-bond donors (Lipinski definition) is 4. The molecule has 0 atom stereocenters. The van der Waals surface area contributed by atoms with Crippen molar-refractivity contribution in [1.29, 1.82) is 10.8 Å². The van der Waals surface area contributed by atoms with E-state index in [1.165, 1.54) is 0 Å². The van der Waals surface area contributed by atoms with Gasteiger partial charge in [-0.2, -0.15) is 0 Å². The van der Waals surface area contributed by atoms with Gasteiger partial charge in [0.25, 0.3) is 0 Å². The van der Waals surface area contributed by atoms with Crippen LogP contribution in [0, 0.1) is 10.8 Å². The maximum absolute atomic E-state index is 7.42. The first kappa shape index (κ1) is 20.2. The van der Waals surface area contributed by atoms with E-state index in [2.05, 4.69) is 0 Å². The van der Waals surface area contributed by atoms with Gasteiger partial charge in [-0.1, -0.05) is 17.7 Å². The van der Waals surface area contributed by atoms with Crippen LogP contribution < -0.4 is 20.9 Å². The lowest BCUT2D eigenvalue weighted by atomic mass is 10.1. The molecule has 3 aromatic carbocycles. The molecule has 0 bridgehead atoms. The van der Waals surface area contributed by atoms with Crippen molar-refractivity contribution in [3.05, 3.63) is 94.0 Å². The summed E-state index contributed by atoms with van der Waals surface area (Å²) in [6.07, 6.45) is 0. The molecule has 0 aliphatic carbocycles. The van der Waals surface area contributed by atoms with Crippen molar-refractivity contribution in [2.45, 2.75) is 13.2 Å². The van der Waals surface area contributed by atoms with Gasteiger partial charge in [0.15, 0.2) is 0 Å². The molecule has 7 heteroatoms. The topological polar surface area (TPSA) is 118 Å². The first-order valence-electron chi connectivity index (χ1n) is 8.84. The van der Waals surface area contributed by atoms with Crippen LogP contribution in [0.5, 0.6) is 11.5 Å². The van der Waals surface area contributed by atoms with Gasteiger partial charge >= 0.3 is 0 Å². The molecule has 6 nitrogen and oxygen atoms in total. The van der Waals surface area contributed by atoms with E-state index in [0.717, 1.165) is 11.1 Å². The van der Waals surface area contributed by atoms with E-state index >= 15 is 0 Å². The highest BCUT2D eigenvalue weighted by Gasteiger charge is 2.06. The number of nitrogens with one attached hydrogen (secondary N) is 2. The number of hydrogen-bond acceptors (Lipinski definition) is 4. The quantitative estimate of drug-likeness (QED) is 0.332. The first-order chi connectivity index (χ1) is 13.9. The van der Waals surface area contributed by atoms with Gasteiger partial charge in [-0.25, -0.2) is 0 Å². The summed E-state index contributed by atoms with van der Waals surface area (Å²) in [5, 5.41) is 15.4. The van der Waals surface area contributed by atoms with Crippen molar-refractivity contribution in [1.82, 2.24) is 0 Å². The first-order valence-corrected chi connectivity index (χ1v) is 9.22. The summed E-state index contributed by atoms with van der Waals surface area (Å²) < 4.78 is 11.6. The second kappa shape index (κ2) is 9.12. The Balaban J connectivity index is 1.61. The van der Waals surface area contributed by atoms with E-state index < -0.39 is 0 Å². The number of halogens is 1. The molecule has 0 amide bonds. The standard InChI is InChI=1S/C22H21ClN4O2/c23-20-10-1-14(12-28-18-6-2-15(3-7-18)21(24)25)11-17(20)13-29-19-8-4-16(5-9-19)22(26)27/h1-11H,12-13H2,(H3,24,25)(H3,26,27). The molecule has 0 aliphatic heterocycles. The minimum atomic E-state index is 0.0169. The smallest absolute Gasteiger partial charge is 0.122 e. The second-order valence-electron chi connectivity index (χ2n) is 6.38. The van der Waals surface area contributed by atoms with Gasteiger partial charge in [-0.15, -0.1) is 0 Å². The van der Waals surface area contributed by atoms with Gasteiger partial charge in [0.05, 0.1) is 0 Å². The van der Waals surface area contributed by atoms with Crippen molar-refractivity contribution in [2.75, 3.05) is 0 Å². The molecular formula is C22H21ClN4O2. The zero-order valence-corrected chi connectivity index (χ0v) is 16.4. The van der Waals surface area contributed by atoms with Gasteiger partial charge in [0, 0.05) is 21.7 Å². The molecule has 0 radical (unpaired) electrons. The third kappa shape index (κ3) is 5.49. The maximum Gasteiger partial charge on any atom is 0.122 e. The molecule has 0 fully saturated rings. The van der Waals surface area contributed by atoms with Crippen LogP contribution in [0.15, 0.2) is 66.7 Å². The number of nitrogens with two attached hydrogens (primary N) is 2. The SMILES string of the molecule is N=C(N)c1ccc(OCc2ccc(Cl)c(COc3ccc(C(=N)N)cc3)c2)cc1. The van der Waals surface area contributed by atoms with Crippen molar-refractivity contribution >= 4 is 23.3 Å². The molecule has 0 saturated heterocycles. The molecule has 29 heavy (non-hydrogen) atoms. The number of ether oxygens (including phenoxy) is 2. The Morgan fingerprint density at radius 2 is 1.21 bits per heavy atom. The molecule has 0 unspecified atom stereocenters. The summed E-state index contributed by atoms with van der Waals surface area (Å²) in [5.74, 6) is 1.39. The minimum absolute atomic E-state index is 0.0169. The predicted octanol–water partition coefficient (Wildman–Crippen LogP) is 4.07. The van der Waals surface area contributed by atoms with Crippen LogP contribution in [-0.2, 0) is 13.2 Å². The van der Waals surface area contributed by atoms with Crippen molar-refractivity contribution < 1.29 is 9.47 Å². The summed E-state index contributed by atoms with van der Waals surface area (Å²) in [6.45, 7) is 0.677. The molecule has 0 aliphatic rings. The van der Waals surface area contributed by atoms with E-state index in [0.29, 0.717) is 40.9 Å². The van der Waals surface area contributed by atoms with Crippen molar-refractivity contribution in [3.8, 4) is 11.5 Å². The molecule has 0 heterocycles. The van der Waals surface area contributed by atoms with E-state index in [4.69, 9.17) is 43.4 Å². The summed E-state index contributed by atoms with van der Waals surface area (Å²) in [7, 11) is 0. The second-order valence-corrected chi connectivity index (χ2v) is 6.79. The van der Waals surface area contributed by atoms with Gasteiger partial charge in [0.2, 0.25) is 0 Å². The summed E-state index contributed by atoms with van der Waals surface area (Å²) in [5.41, 5.74) is 14.0. The minimum Gasteiger partial charge on any atom is -0.489 e. The zero-order valence-electron chi connectivity index (χ0n) is 15.6. The van der Waals surface area contributed by atoms with Crippen LogP contribution >= 0.6 is 11.6 Å². The van der Waals surface area contributed by atoms with Crippen molar-refractivity contribution in [2.24, 2.45) is 11.5 Å². The summed E-state index contributed by atoms with van der Waals surface area (Å²) >= 11 is 6.30. The lowest BCUT2D eigenvalue weighted by molar-refractivity contribution is 0.300. The molecule has 6 N–H and O–H groups in total. The number of nitrogen functional groups attached to an aromatic ring is 2. The van der Waals surface area contributed by atoms with Crippen LogP contribution in [0.25, 0.3) is 0 Å². The highest BCUT2D eigenvalue weighted by atomic mass is 35.5. The fourth-order valence-corrected chi connectivity index (χ4v) is 2.79. The lowest BCUT2D eigenvalue weighted by Gasteiger charge is -2.11. The Bertz CT molecular complexity index is 1020. The molecular weight excluding hydrogens is 388 g/mol. The van der Waals surface area contributed by atoms with E-state index in [1.54, 1.807) is 48.5 Å². The summed E-state index contributed by atoms with van der Waals surface area (Å²) in [4.78, 5) is 0. The largest absolute Gasteiger partial charge is 0.489 e. The number of benzene rings is 3. The third-order valence-corrected chi connectivity index (χ3v) is 4.61. The Hall–Kier alpha value is -3.51. The molecule has 0 spiro atoms. The Kier molecular flexibility index (Phi) is 6.36. The predicted molar refractivity (Wildman–Crippen MR) is 115 cm³/mol. The van der Waals surface area contributed by atoms with Crippen LogP contribution in [0.2, 0.25) is 5.02 Å². The number of amidine groups is 2. The van der Waals surface area contributed by atoms with Gasteiger partial charge in [-0.3, -0.25) is 10.8 Å². The lowest BCUT2D eigenvalue weighted by Crippen LogP contribution is -2.10. The highest BCUT2D eigenvalue weighted by molar-refractivity contribution is 6.31. The third-order valence-electron chi connectivity index (χ3n) is 4.24. The van der Waals surface area contributed by atoms with Gasteiger partial charge < -0.3 is 20.9 Å². The molecule has 3 rings (SSSR count). The van der Waals surface area contributed by atoms with Crippen LogP contribution in [0.4, 0.5) is 0 Å². The highest BCUT2D eigenvalue weighted by Crippen LogP contribution is 2.22. The number of rotatable bonds is 8. The van der Waals surface area contributed by atoms with E-state index in [1.807, 2.05) is 18.2 Å². The fourth-order valence-electron chi connectivity index (χ4n) is 2.62. The molecule has 0 saturated carbocycles. The van der Waals surface area contributed by atoms with E-state index in [-0.39, 0.29) is 11.7 Å². The zero-order chi connectivity index (χ0) is 20.8. The Morgan fingerprint density at radius 3 is 1.69 bits per heavy atom. The monoisotopic (exact) mass is 408 g/mol. The van der Waals surface area contributed by atoms with Crippen LogP contribution in [0.3, 0.4) is 0 Å². The molecule has 3 aromatic rings. The average Bonchev–Trinajstić information content (AvgIpc) is 2.72. The summed E-state index contributed by atoms with van der Waals surface area (Å²) in [6, 6.07) is 19.7. The fraction of sp³-hybridized carbons (Fsp3) is 0.0909. The van der Waals surface area contributed by atoms with Crippen molar-refractivity contribution in [3.63, 3.8) is 0 Å². The Labute approximate surface area is 174 Å². The van der Waals surface area contributed by atoms with Gasteiger partial charge in [-0.05, 0) is 66.2 Å². The molecule has 0 aromatic heterocycles. The molecule has 148 valence electrons. The average molecular weight is 409 g/mol. The van der Waals surface area contributed by atoms with Gasteiger partial charge in [0.1, 0.15) is 36.4 Å². The van der Waals surface area contributed by atoms with E-state index in [9.17, 15) is 0 Å². The van der Waals surface area contributed by atoms with Crippen LogP contribution in [0.1, 0.15) is 22.3 Å². The van der Waals surface area contributed by atoms with Crippen LogP contribution in [-0.4, -0.2) is 11.7 Å². The Morgan fingerprint density at radius 1 is 0.724 bits per heavy atom.